The molecule has 0 saturated heterocycles. The molecule has 10 nitrogen and oxygen atoms in total. The summed E-state index contributed by atoms with van der Waals surface area (Å²) in [6, 6.07) is 3.82. The van der Waals surface area contributed by atoms with Gasteiger partial charge in [0.2, 0.25) is 0 Å². The van der Waals surface area contributed by atoms with Crippen molar-refractivity contribution in [2.24, 2.45) is 0 Å². The van der Waals surface area contributed by atoms with Gasteiger partial charge in [0.1, 0.15) is 13.2 Å². The molecule has 0 heterocycles. The summed E-state index contributed by atoms with van der Waals surface area (Å²) in [5.74, 6) is -1.87. The molecule has 1 aromatic carbocycles. The van der Waals surface area contributed by atoms with Gasteiger partial charge in [-0.25, -0.2) is 13.2 Å². The van der Waals surface area contributed by atoms with Crippen molar-refractivity contribution in [1.29, 1.82) is 0 Å². The number of carbonyl (C=O) groups is 2. The number of ether oxygens (including phenoxy) is 1. The highest BCUT2D eigenvalue weighted by Crippen LogP contribution is 2.15. The van der Waals surface area contributed by atoms with Crippen molar-refractivity contribution in [3.05, 3.63) is 24.3 Å². The van der Waals surface area contributed by atoms with Gasteiger partial charge in [-0.05, 0) is 24.3 Å². The maximum atomic E-state index is 11.9. The Labute approximate surface area is 131 Å². The van der Waals surface area contributed by atoms with E-state index in [1.54, 1.807) is 0 Å². The molecule has 0 aliphatic carbocycles. The summed E-state index contributed by atoms with van der Waals surface area (Å²) in [5, 5.41) is 10.2. The van der Waals surface area contributed by atoms with Crippen LogP contribution in [0, 0.1) is 0 Å². The number of nitrogens with one attached hydrogen (secondary N) is 1. The third kappa shape index (κ3) is 6.22. The summed E-state index contributed by atoms with van der Waals surface area (Å²) >= 11 is 0. The molecular weight excluding hydrogens is 354 g/mol. The van der Waals surface area contributed by atoms with E-state index in [0.717, 1.165) is 24.3 Å². The Morgan fingerprint density at radius 1 is 1.04 bits per heavy atom. The second-order valence-corrected chi connectivity index (χ2v) is 7.68. The van der Waals surface area contributed by atoms with Gasteiger partial charge in [0.15, 0.2) is 9.84 Å². The minimum absolute atomic E-state index is 0.223. The smallest absolute Gasteiger partial charge is 0.407 e. The molecule has 0 bridgehead atoms. The predicted molar refractivity (Wildman–Crippen MR) is 75.3 cm³/mol. The highest BCUT2D eigenvalue weighted by molar-refractivity contribution is 7.91. The molecule has 0 spiro atoms. The minimum atomic E-state index is -4.43. The van der Waals surface area contributed by atoms with Crippen LogP contribution < -0.4 is 5.32 Å². The Hall–Kier alpha value is -2.18. The van der Waals surface area contributed by atoms with E-state index in [1.165, 1.54) is 0 Å². The van der Waals surface area contributed by atoms with Crippen LogP contribution in [0.3, 0.4) is 0 Å². The number of aliphatic carboxylic acids is 1. The molecule has 23 heavy (non-hydrogen) atoms. The molecule has 0 aromatic heterocycles. The number of alkyl carbamates (subject to hydrolysis) is 1. The zero-order chi connectivity index (χ0) is 17.7. The van der Waals surface area contributed by atoms with Crippen LogP contribution in [-0.4, -0.2) is 57.5 Å². The first-order valence-corrected chi connectivity index (χ1v) is 9.04. The number of hydrogen-bond donors (Lipinski definition) is 3. The fourth-order valence-corrected chi connectivity index (χ4v) is 2.95. The van der Waals surface area contributed by atoms with Crippen LogP contribution in [0.2, 0.25) is 0 Å². The van der Waals surface area contributed by atoms with Gasteiger partial charge < -0.3 is 15.2 Å². The number of carboxylic acid groups (broad SMARTS) is 1. The van der Waals surface area contributed by atoms with Gasteiger partial charge in [0.05, 0.1) is 15.5 Å². The Balaban J connectivity index is 2.63. The molecule has 3 N–H and O–H groups in total. The lowest BCUT2D eigenvalue weighted by atomic mass is 10.4. The Morgan fingerprint density at radius 2 is 1.57 bits per heavy atom. The van der Waals surface area contributed by atoms with Gasteiger partial charge in [-0.1, -0.05) is 0 Å². The average molecular weight is 367 g/mol. The van der Waals surface area contributed by atoms with E-state index in [1.807, 2.05) is 5.32 Å². The number of carboxylic acids is 1. The number of benzene rings is 1. The molecule has 0 atom stereocenters. The van der Waals surface area contributed by atoms with Crippen molar-refractivity contribution in [1.82, 2.24) is 5.32 Å². The van der Waals surface area contributed by atoms with E-state index in [4.69, 9.17) is 9.66 Å². The van der Waals surface area contributed by atoms with Crippen LogP contribution in [0.15, 0.2) is 34.1 Å². The third-order valence-corrected chi connectivity index (χ3v) is 5.01. The molecule has 0 radical (unpaired) electrons. The summed E-state index contributed by atoms with van der Waals surface area (Å²) in [5.41, 5.74) is 0. The van der Waals surface area contributed by atoms with Crippen LogP contribution in [0.4, 0.5) is 4.79 Å². The molecule has 0 aliphatic rings. The van der Waals surface area contributed by atoms with Crippen molar-refractivity contribution >= 4 is 32.0 Å². The maximum absolute atomic E-state index is 11.9. The van der Waals surface area contributed by atoms with Crippen molar-refractivity contribution < 1.29 is 40.8 Å². The van der Waals surface area contributed by atoms with Gasteiger partial charge in [-0.2, -0.15) is 8.42 Å². The lowest BCUT2D eigenvalue weighted by Crippen LogP contribution is -2.31. The summed E-state index contributed by atoms with van der Waals surface area (Å²) in [6.45, 7) is -1.18. The highest BCUT2D eigenvalue weighted by Gasteiger charge is 2.17. The van der Waals surface area contributed by atoms with E-state index in [-0.39, 0.29) is 4.90 Å². The second-order valence-electron chi connectivity index (χ2n) is 4.15. The predicted octanol–water partition coefficient (Wildman–Crippen LogP) is -0.482. The van der Waals surface area contributed by atoms with Crippen LogP contribution in [0.25, 0.3) is 0 Å². The second kappa shape index (κ2) is 7.39. The molecule has 0 unspecified atom stereocenters. The van der Waals surface area contributed by atoms with Gasteiger partial charge in [-0.3, -0.25) is 9.35 Å². The summed E-state index contributed by atoms with van der Waals surface area (Å²) in [4.78, 5) is 20.6. The Kier molecular flexibility index (Phi) is 6.06. The molecule has 0 fully saturated rings. The van der Waals surface area contributed by atoms with Crippen LogP contribution in [-0.2, 0) is 29.5 Å². The standard InChI is InChI=1S/C11H13NO9S2/c13-10(14)7-12-11(15)21-5-6-22(16,17)8-1-3-9(4-2-8)23(18,19)20/h1-4H,5-7H2,(H,12,15)(H,13,14)(H,18,19,20). The molecule has 128 valence electrons. The minimum Gasteiger partial charge on any atom is -0.480 e. The van der Waals surface area contributed by atoms with E-state index in [2.05, 4.69) is 4.74 Å². The molecule has 1 rings (SSSR count). The first-order valence-electron chi connectivity index (χ1n) is 5.95. The van der Waals surface area contributed by atoms with Gasteiger partial charge in [0.25, 0.3) is 10.1 Å². The zero-order valence-electron chi connectivity index (χ0n) is 11.5. The van der Waals surface area contributed by atoms with Crippen LogP contribution in [0.1, 0.15) is 0 Å². The highest BCUT2D eigenvalue weighted by atomic mass is 32.2. The van der Waals surface area contributed by atoms with Gasteiger partial charge in [0, 0.05) is 0 Å². The number of hydrogen-bond acceptors (Lipinski definition) is 7. The van der Waals surface area contributed by atoms with Crippen molar-refractivity contribution in [2.45, 2.75) is 9.79 Å². The van der Waals surface area contributed by atoms with Crippen molar-refractivity contribution in [3.8, 4) is 0 Å². The first kappa shape index (κ1) is 18.9. The summed E-state index contributed by atoms with van der Waals surface area (Å²) in [6.07, 6.45) is -1.08. The lowest BCUT2D eigenvalue weighted by Gasteiger charge is -2.07. The van der Waals surface area contributed by atoms with Crippen LogP contribution >= 0.6 is 0 Å². The van der Waals surface area contributed by atoms with E-state index >= 15 is 0 Å². The normalized spacial score (nSPS) is 11.7. The fraction of sp³-hybridized carbons (Fsp3) is 0.273. The SMILES string of the molecule is O=C(O)CNC(=O)OCCS(=O)(=O)c1ccc(S(=O)(=O)O)cc1. The van der Waals surface area contributed by atoms with E-state index < -0.39 is 55.8 Å². The Bertz CT molecular complexity index is 781. The number of amides is 1. The van der Waals surface area contributed by atoms with Crippen molar-refractivity contribution in [2.75, 3.05) is 18.9 Å². The van der Waals surface area contributed by atoms with Gasteiger partial charge in [-0.15, -0.1) is 0 Å². The fourth-order valence-electron chi connectivity index (χ4n) is 1.38. The number of carbonyl (C=O) groups excluding carboxylic acids is 1. The average Bonchev–Trinajstić information content (AvgIpc) is 2.44. The zero-order valence-corrected chi connectivity index (χ0v) is 13.1. The number of sulfone groups is 1. The van der Waals surface area contributed by atoms with Gasteiger partial charge >= 0.3 is 12.1 Å². The van der Waals surface area contributed by atoms with Crippen molar-refractivity contribution in [3.63, 3.8) is 0 Å². The third-order valence-electron chi connectivity index (χ3n) is 2.45. The molecule has 0 aliphatic heterocycles. The topological polar surface area (TPSA) is 164 Å². The molecular formula is C11H13NO9S2. The Morgan fingerprint density at radius 3 is 2.04 bits per heavy atom. The van der Waals surface area contributed by atoms with Crippen LogP contribution in [0.5, 0.6) is 0 Å². The summed E-state index contributed by atoms with van der Waals surface area (Å²) < 4.78 is 58.8. The number of rotatable bonds is 7. The first-order chi connectivity index (χ1) is 10.5. The molecule has 0 saturated carbocycles. The lowest BCUT2D eigenvalue weighted by molar-refractivity contribution is -0.135. The molecule has 1 aromatic rings. The molecule has 1 amide bonds. The molecule has 12 heteroatoms. The summed E-state index contributed by atoms with van der Waals surface area (Å²) in [7, 11) is -8.27. The van der Waals surface area contributed by atoms with E-state index in [0.29, 0.717) is 0 Å². The quantitative estimate of drug-likeness (QED) is 0.540. The maximum Gasteiger partial charge on any atom is 0.407 e. The monoisotopic (exact) mass is 367 g/mol. The van der Waals surface area contributed by atoms with E-state index in [9.17, 15) is 26.4 Å². The largest absolute Gasteiger partial charge is 0.480 e.